The number of methoxy groups -OCH3 is 7. The number of H-pyrrole nitrogens is 1. The average Bonchev–Trinajstić information content (AvgIpc) is 1.68. The first-order valence-corrected chi connectivity index (χ1v) is 39.1. The standard InChI is InChI=1S/C17H14FN5O2.C16H14ClFN4O5.C16H12ClFN4O4.C16H13FN4O4.C9H9ClN2O5.C8H7ClN2O5.4CH4/c1-24-15-11(6-7-12-14(15)21-17(19)20-12)16-23-22-13(25-16)8-9-2-4-10(18)5-3-9;1-27-15-10(7-11(17)13(19)14(15)22(25)26)16(24)21-20-12(23)6-8-2-4-9(18)5-3-8;1-25-15-10(7-11(17)13(19)14(15)22(23)24)16-21-20-12(26-16)6-8-2-4-9(18)5-3-8;1-24-15-11(6-7-12(18)14(15)21(22)23)16-20-19-13(25-16)8-9-2-4-10(17)5-3-9;1-16-8-4(9(13)17-2)3-5(10)6(11)7(8)12(14)15;1-16-7-3(8(12)13)2-4(9)5(10)6(7)11(14)15;;;;/h2-7H,8H2,1H3,(H3,19,20,21);2-5,7H,6,19H2,1H3,(H,20,23)(H,21,24);2-5,7H,6,19H2,1H3;2-7H,8,18H2,1H3;3H,11H2,1-2H3;2H,10H2,1H3,(H,12,13);4*1H4. The number of nitro groups is 5. The summed E-state index contributed by atoms with van der Waals surface area (Å²) in [7, 11) is 8.65. The van der Waals surface area contributed by atoms with Gasteiger partial charge in [-0.2, -0.15) is 0 Å². The van der Waals surface area contributed by atoms with Crippen molar-refractivity contribution in [1.82, 2.24) is 51.4 Å². The molecule has 740 valence electrons. The molecule has 4 heterocycles. The Morgan fingerprint density at radius 3 is 1.08 bits per heavy atom. The minimum absolute atomic E-state index is 0. The molecule has 16 N–H and O–H groups in total. The molecule has 0 saturated carbocycles. The molecule has 0 aliphatic heterocycles. The number of hydrogen-bond acceptors (Lipinski definition) is 37. The number of aromatic carboxylic acids is 1. The lowest BCUT2D eigenvalue weighted by Crippen LogP contribution is -2.42. The number of fused-ring (bicyclic) bond motifs is 1. The molecule has 0 fully saturated rings. The average molecular weight is 2030 g/mol. The number of carboxylic acids is 1. The second kappa shape index (κ2) is 50.7. The van der Waals surface area contributed by atoms with Gasteiger partial charge in [-0.3, -0.25) is 71.0 Å². The Kier molecular flexibility index (Phi) is 40.9. The Labute approximate surface area is 808 Å². The van der Waals surface area contributed by atoms with Gasteiger partial charge in [-0.1, -0.05) is 125 Å². The number of amides is 2. The van der Waals surface area contributed by atoms with Gasteiger partial charge in [0.15, 0.2) is 11.7 Å². The highest BCUT2D eigenvalue weighted by Crippen LogP contribution is 2.48. The first-order chi connectivity index (χ1) is 64.6. The van der Waals surface area contributed by atoms with Crippen LogP contribution in [-0.2, 0) is 35.2 Å². The van der Waals surface area contributed by atoms with Gasteiger partial charge >= 0.3 is 40.4 Å². The van der Waals surface area contributed by atoms with Gasteiger partial charge < -0.3 is 90.9 Å². The predicted octanol–water partition coefficient (Wildman–Crippen LogP) is 17.2. The number of ether oxygens (including phenoxy) is 7. The molecule has 0 aliphatic carbocycles. The number of aromatic nitrogens is 8. The van der Waals surface area contributed by atoms with Crippen LogP contribution in [0.3, 0.4) is 0 Å². The topological polar surface area (TPSA) is 694 Å². The molecular formula is C86H85Cl4F4N21O25. The second-order valence-electron chi connectivity index (χ2n) is 26.9. The Hall–Kier alpha value is -17.6. The smallest absolute Gasteiger partial charge is 0.341 e. The number of hydrogen-bond donors (Lipinski definition) is 10. The minimum atomic E-state index is -1.39. The predicted molar refractivity (Wildman–Crippen MR) is 506 cm³/mol. The molecule has 2 amide bonds. The van der Waals surface area contributed by atoms with E-state index in [0.717, 1.165) is 61.7 Å². The van der Waals surface area contributed by atoms with Crippen LogP contribution in [0.2, 0.25) is 20.1 Å². The van der Waals surface area contributed by atoms with Crippen LogP contribution >= 0.6 is 46.4 Å². The lowest BCUT2D eigenvalue weighted by atomic mass is 10.1. The normalized spacial score (nSPS) is 10.2. The van der Waals surface area contributed by atoms with E-state index >= 15 is 0 Å². The third kappa shape index (κ3) is 27.4. The summed E-state index contributed by atoms with van der Waals surface area (Å²) in [5.41, 5.74) is 38.3. The molecule has 14 rings (SSSR count). The fraction of sp³-hybridized carbons (Fsp3) is 0.174. The van der Waals surface area contributed by atoms with Crippen molar-refractivity contribution in [3.8, 4) is 68.9 Å². The number of nitrogen functional groups attached to an aromatic ring is 6. The zero-order valence-corrected chi connectivity index (χ0v) is 73.8. The molecule has 0 aliphatic rings. The number of nitrogens with zero attached hydrogens (tertiary/aromatic N) is 12. The summed E-state index contributed by atoms with van der Waals surface area (Å²) < 4.78 is 103. The molecule has 140 heavy (non-hydrogen) atoms. The van der Waals surface area contributed by atoms with Crippen molar-refractivity contribution < 1.29 is 113 Å². The number of nitrogens with two attached hydrogens (primary N) is 6. The number of carboxylic acid groups (broad SMARTS) is 1. The molecule has 14 aromatic rings. The largest absolute Gasteiger partial charge is 0.494 e. The SMILES string of the molecule is C.C.C.C.COC(=O)c1cc(Cl)c(N)c([N+](=O)[O-])c1OC.COc1c(-c2nnc(Cc3ccc(F)cc3)o2)cc(Cl)c(N)c1[N+](=O)[O-].COc1c(-c2nnc(Cc3ccc(F)cc3)o2)ccc(N)c1[N+](=O)[O-].COc1c(-c2nnc(Cc3ccc(F)cc3)o2)ccc2[nH]c(N)nc12.COc1c(C(=O)NNC(=O)Cc2ccc(F)cc2)cc(Cl)c(N)c1[N+](=O)[O-].COc1c(C(=O)O)cc(Cl)c(N)c1[N+](=O)[O-]. The number of esters is 1. The summed E-state index contributed by atoms with van der Waals surface area (Å²) in [5.74, 6) is -4.25. The van der Waals surface area contributed by atoms with E-state index in [2.05, 4.69) is 60.9 Å². The van der Waals surface area contributed by atoms with Crippen molar-refractivity contribution in [3.63, 3.8) is 0 Å². The molecule has 46 nitrogen and oxygen atoms in total. The summed E-state index contributed by atoms with van der Waals surface area (Å²) in [6.45, 7) is 0. The summed E-state index contributed by atoms with van der Waals surface area (Å²) >= 11 is 23.1. The molecule has 4 aromatic heterocycles. The Bertz CT molecular complexity index is 6870. The molecule has 0 unspecified atom stereocenters. The van der Waals surface area contributed by atoms with Crippen LogP contribution in [0.4, 0.5) is 80.4 Å². The number of carbonyl (C=O) groups is 4. The fourth-order valence-electron chi connectivity index (χ4n) is 12.1. The molecule has 10 aromatic carbocycles. The van der Waals surface area contributed by atoms with E-state index in [0.29, 0.717) is 53.0 Å². The second-order valence-corrected chi connectivity index (χ2v) is 28.5. The highest BCUT2D eigenvalue weighted by molar-refractivity contribution is 6.35. The molecule has 0 bridgehead atoms. The van der Waals surface area contributed by atoms with Gasteiger partial charge in [0.1, 0.15) is 68.3 Å². The highest BCUT2D eigenvalue weighted by Gasteiger charge is 2.35. The van der Waals surface area contributed by atoms with Crippen molar-refractivity contribution in [2.75, 3.05) is 84.2 Å². The first-order valence-electron chi connectivity index (χ1n) is 37.6. The van der Waals surface area contributed by atoms with Gasteiger partial charge in [-0.15, -0.1) is 30.6 Å². The quantitative estimate of drug-likeness (QED) is 0.00835. The van der Waals surface area contributed by atoms with Crippen LogP contribution in [0.5, 0.6) is 34.5 Å². The Balaban J connectivity index is 0.000000297. The van der Waals surface area contributed by atoms with E-state index in [-0.39, 0.29) is 177 Å². The Morgan fingerprint density at radius 1 is 0.400 bits per heavy atom. The van der Waals surface area contributed by atoms with E-state index < -0.39 is 94.0 Å². The molecule has 0 spiro atoms. The van der Waals surface area contributed by atoms with Crippen LogP contribution in [-0.4, -0.2) is 144 Å². The zero-order valence-electron chi connectivity index (χ0n) is 70.8. The van der Waals surface area contributed by atoms with Crippen molar-refractivity contribution in [2.24, 2.45) is 0 Å². The number of rotatable bonds is 25. The van der Waals surface area contributed by atoms with Crippen molar-refractivity contribution in [1.29, 1.82) is 0 Å². The van der Waals surface area contributed by atoms with Gasteiger partial charge in [0, 0.05) is 0 Å². The van der Waals surface area contributed by atoms with Crippen LogP contribution in [0.15, 0.2) is 159 Å². The van der Waals surface area contributed by atoms with E-state index in [1.54, 1.807) is 49.6 Å². The van der Waals surface area contributed by atoms with Gasteiger partial charge in [0.05, 0.1) is 148 Å². The number of benzene rings is 10. The molecular weight excluding hydrogens is 1940 g/mol. The lowest BCUT2D eigenvalue weighted by Gasteiger charge is -2.12. The highest BCUT2D eigenvalue weighted by atomic mass is 35.5. The maximum atomic E-state index is 13.0. The van der Waals surface area contributed by atoms with Crippen molar-refractivity contribution in [2.45, 2.75) is 55.4 Å². The first kappa shape index (κ1) is 113. The monoisotopic (exact) mass is 2030 g/mol. The zero-order chi connectivity index (χ0) is 100.0. The van der Waals surface area contributed by atoms with Gasteiger partial charge in [0.25, 0.3) is 23.6 Å². The number of hydrazine groups is 1. The van der Waals surface area contributed by atoms with E-state index in [9.17, 15) is 87.3 Å². The third-order valence-corrected chi connectivity index (χ3v) is 19.5. The molecule has 0 saturated heterocycles. The maximum absolute atomic E-state index is 13.0. The summed E-state index contributed by atoms with van der Waals surface area (Å²) in [4.78, 5) is 105. The van der Waals surface area contributed by atoms with E-state index in [4.69, 9.17) is 123 Å². The van der Waals surface area contributed by atoms with Gasteiger partial charge in [-0.25, -0.2) is 32.1 Å². The van der Waals surface area contributed by atoms with Crippen molar-refractivity contribution >= 4 is 144 Å². The fourth-order valence-corrected chi connectivity index (χ4v) is 12.9. The molecule has 0 radical (unpaired) electrons. The number of aromatic amines is 1. The number of anilines is 6. The van der Waals surface area contributed by atoms with Crippen molar-refractivity contribution in [3.05, 3.63) is 296 Å². The number of carbonyl (C=O) groups excluding carboxylic acids is 3. The van der Waals surface area contributed by atoms with Crippen LogP contribution < -0.4 is 73.7 Å². The minimum Gasteiger partial charge on any atom is -0.494 e. The van der Waals surface area contributed by atoms with Crippen LogP contribution in [0, 0.1) is 73.8 Å². The molecule has 0 atom stereocenters. The summed E-state index contributed by atoms with van der Waals surface area (Å²) in [5, 5.41) is 87.3. The summed E-state index contributed by atoms with van der Waals surface area (Å²) in [6.07, 6.45) is 0.848. The number of halogens is 8. The van der Waals surface area contributed by atoms with Gasteiger partial charge in [0.2, 0.25) is 52.3 Å². The Morgan fingerprint density at radius 2 is 0.714 bits per heavy atom. The number of nitrogens with one attached hydrogen (secondary N) is 3. The maximum Gasteiger partial charge on any atom is 0.341 e. The summed E-state index contributed by atoms with van der Waals surface area (Å²) in [6, 6.07) is 34.2. The van der Waals surface area contributed by atoms with E-state index in [1.165, 1.54) is 100 Å². The third-order valence-electron chi connectivity index (χ3n) is 18.3. The number of imidazole rings is 1. The van der Waals surface area contributed by atoms with Gasteiger partial charge in [-0.05, 0) is 119 Å². The molecule has 54 heteroatoms. The van der Waals surface area contributed by atoms with E-state index in [1.807, 2.05) is 6.07 Å². The van der Waals surface area contributed by atoms with Crippen LogP contribution in [0.25, 0.3) is 45.4 Å². The number of nitro benzene ring substituents is 5. The lowest BCUT2D eigenvalue weighted by molar-refractivity contribution is -0.384. The van der Waals surface area contributed by atoms with Crippen LogP contribution in [0.1, 0.15) is 101 Å².